The second-order valence-corrected chi connectivity index (χ2v) is 6.19. The Morgan fingerprint density at radius 2 is 1.88 bits per heavy atom. The predicted octanol–water partition coefficient (Wildman–Crippen LogP) is 3.92. The van der Waals surface area contributed by atoms with Crippen LogP contribution in [0.15, 0.2) is 38.3 Å². The molecule has 0 fully saturated rings. The Labute approximate surface area is 143 Å². The molecule has 0 saturated heterocycles. The maximum atomic E-state index is 13.7. The molecule has 0 spiro atoms. The van der Waals surface area contributed by atoms with Crippen molar-refractivity contribution in [1.82, 2.24) is 4.57 Å². The number of fused-ring (bicyclic) bond motifs is 3. The minimum atomic E-state index is -0.785. The zero-order valence-electron chi connectivity index (χ0n) is 14.0. The minimum Gasteiger partial charge on any atom is -0.507 e. The van der Waals surface area contributed by atoms with Crippen molar-refractivity contribution in [3.63, 3.8) is 0 Å². The van der Waals surface area contributed by atoms with Crippen LogP contribution in [-0.2, 0) is 6.54 Å². The molecule has 2 aromatic heterocycles. The van der Waals surface area contributed by atoms with E-state index in [1.807, 2.05) is 0 Å². The van der Waals surface area contributed by atoms with Crippen LogP contribution < -0.4 is 11.2 Å². The number of aromatic hydroxyl groups is 1. The summed E-state index contributed by atoms with van der Waals surface area (Å²) in [6.45, 7) is 2.59. The number of rotatable bonds is 6. The van der Waals surface area contributed by atoms with Gasteiger partial charge in [0.15, 0.2) is 5.58 Å². The van der Waals surface area contributed by atoms with Crippen LogP contribution in [0.4, 0.5) is 4.39 Å². The third kappa shape index (κ3) is 3.29. The highest BCUT2D eigenvalue weighted by molar-refractivity contribution is 6.03. The normalized spacial score (nSPS) is 11.4. The molecule has 6 heteroatoms. The van der Waals surface area contributed by atoms with Gasteiger partial charge in [-0.25, -0.2) is 9.18 Å². The first-order chi connectivity index (χ1) is 12.0. The Hall–Kier alpha value is -2.63. The predicted molar refractivity (Wildman–Crippen MR) is 94.6 cm³/mol. The van der Waals surface area contributed by atoms with Crippen LogP contribution in [-0.4, -0.2) is 9.67 Å². The number of benzene rings is 1. The van der Waals surface area contributed by atoms with Gasteiger partial charge < -0.3 is 14.1 Å². The van der Waals surface area contributed by atoms with Crippen LogP contribution in [0.25, 0.3) is 21.9 Å². The molecule has 0 aliphatic heterocycles. The molecule has 0 atom stereocenters. The zero-order valence-corrected chi connectivity index (χ0v) is 14.0. The minimum absolute atomic E-state index is 0.0771. The van der Waals surface area contributed by atoms with E-state index in [2.05, 4.69) is 6.92 Å². The van der Waals surface area contributed by atoms with Crippen LogP contribution >= 0.6 is 0 Å². The van der Waals surface area contributed by atoms with Gasteiger partial charge in [0.1, 0.15) is 17.0 Å². The number of pyridine rings is 1. The molecular formula is C19H20FNO4. The zero-order chi connectivity index (χ0) is 18.0. The third-order valence-corrected chi connectivity index (χ3v) is 4.38. The highest BCUT2D eigenvalue weighted by Gasteiger charge is 2.17. The molecule has 3 aromatic rings. The molecule has 132 valence electrons. The summed E-state index contributed by atoms with van der Waals surface area (Å²) in [5.74, 6) is -0.949. The molecule has 25 heavy (non-hydrogen) atoms. The van der Waals surface area contributed by atoms with Crippen molar-refractivity contribution in [2.45, 2.75) is 45.6 Å². The van der Waals surface area contributed by atoms with E-state index >= 15 is 0 Å². The van der Waals surface area contributed by atoms with Gasteiger partial charge in [-0.1, -0.05) is 32.6 Å². The summed E-state index contributed by atoms with van der Waals surface area (Å²) in [6, 6.07) is 4.84. The van der Waals surface area contributed by atoms with Crippen molar-refractivity contribution in [1.29, 1.82) is 0 Å². The smallest absolute Gasteiger partial charge is 0.339 e. The number of hydrogen-bond donors (Lipinski definition) is 1. The van der Waals surface area contributed by atoms with Crippen molar-refractivity contribution in [3.8, 4) is 5.75 Å². The lowest BCUT2D eigenvalue weighted by Gasteiger charge is -2.13. The van der Waals surface area contributed by atoms with Gasteiger partial charge in [-0.2, -0.15) is 0 Å². The second-order valence-electron chi connectivity index (χ2n) is 6.19. The summed E-state index contributed by atoms with van der Waals surface area (Å²) in [4.78, 5) is 24.4. The maximum Gasteiger partial charge on any atom is 0.339 e. The average molecular weight is 345 g/mol. The first-order valence-corrected chi connectivity index (χ1v) is 8.52. The SMILES string of the molecule is CCCCCCCn1c(=O)c2c(O)cc(=O)oc2c2cc(F)ccc21. The molecule has 0 aliphatic rings. The molecule has 0 aliphatic carbocycles. The lowest BCUT2D eigenvalue weighted by molar-refractivity contribution is 0.466. The number of aromatic nitrogens is 1. The van der Waals surface area contributed by atoms with Crippen LogP contribution in [0, 0.1) is 5.82 Å². The summed E-state index contributed by atoms with van der Waals surface area (Å²) in [6.07, 6.45) is 5.15. The fraction of sp³-hybridized carbons (Fsp3) is 0.368. The maximum absolute atomic E-state index is 13.7. The lowest BCUT2D eigenvalue weighted by atomic mass is 10.1. The van der Waals surface area contributed by atoms with Gasteiger partial charge in [0.05, 0.1) is 11.6 Å². The molecule has 0 unspecified atom stereocenters. The van der Waals surface area contributed by atoms with E-state index in [-0.39, 0.29) is 11.0 Å². The van der Waals surface area contributed by atoms with E-state index in [0.717, 1.165) is 38.2 Å². The van der Waals surface area contributed by atoms with Crippen LogP contribution in [0.5, 0.6) is 5.75 Å². The van der Waals surface area contributed by atoms with Gasteiger partial charge >= 0.3 is 5.63 Å². The standard InChI is InChI=1S/C19H20FNO4/c1-2-3-4-5-6-9-21-14-8-7-12(20)10-13(14)18-17(19(21)24)15(22)11-16(23)25-18/h7-8,10-11,22H,2-6,9H2,1H3. The molecule has 1 N–H and O–H groups in total. The molecule has 5 nitrogen and oxygen atoms in total. The molecule has 0 saturated carbocycles. The number of nitrogens with zero attached hydrogens (tertiary/aromatic N) is 1. The van der Waals surface area contributed by atoms with Crippen molar-refractivity contribution in [3.05, 3.63) is 50.9 Å². The first-order valence-electron chi connectivity index (χ1n) is 8.52. The van der Waals surface area contributed by atoms with Gasteiger partial charge in [-0.3, -0.25) is 4.79 Å². The summed E-state index contributed by atoms with van der Waals surface area (Å²) < 4.78 is 20.3. The van der Waals surface area contributed by atoms with Crippen LogP contribution in [0.1, 0.15) is 39.0 Å². The Kier molecular flexibility index (Phi) is 4.88. The highest BCUT2D eigenvalue weighted by atomic mass is 19.1. The number of unbranched alkanes of at least 4 members (excludes halogenated alkanes) is 4. The van der Waals surface area contributed by atoms with Gasteiger partial charge in [0, 0.05) is 11.9 Å². The second kappa shape index (κ2) is 7.09. The quantitative estimate of drug-likeness (QED) is 0.543. The topological polar surface area (TPSA) is 72.4 Å². The summed E-state index contributed by atoms with van der Waals surface area (Å²) in [5, 5.41) is 10.3. The van der Waals surface area contributed by atoms with Gasteiger partial charge in [0.25, 0.3) is 5.56 Å². The Bertz CT molecular complexity index is 1040. The Balaban J connectivity index is 2.19. The van der Waals surface area contributed by atoms with Crippen molar-refractivity contribution < 1.29 is 13.9 Å². The van der Waals surface area contributed by atoms with Crippen molar-refractivity contribution >= 4 is 21.9 Å². The number of aryl methyl sites for hydroxylation is 1. The van der Waals surface area contributed by atoms with Crippen LogP contribution in [0.3, 0.4) is 0 Å². The third-order valence-electron chi connectivity index (χ3n) is 4.38. The number of hydrogen-bond acceptors (Lipinski definition) is 4. The van der Waals surface area contributed by atoms with Gasteiger partial charge in [-0.05, 0) is 24.6 Å². The van der Waals surface area contributed by atoms with E-state index in [1.165, 1.54) is 22.8 Å². The molecule has 2 heterocycles. The largest absolute Gasteiger partial charge is 0.507 e. The van der Waals surface area contributed by atoms with E-state index in [0.29, 0.717) is 17.4 Å². The van der Waals surface area contributed by atoms with E-state index in [9.17, 15) is 19.1 Å². The van der Waals surface area contributed by atoms with E-state index in [1.54, 1.807) is 0 Å². The van der Waals surface area contributed by atoms with Crippen LogP contribution in [0.2, 0.25) is 0 Å². The lowest BCUT2D eigenvalue weighted by Crippen LogP contribution is -2.22. The monoisotopic (exact) mass is 345 g/mol. The Morgan fingerprint density at radius 3 is 2.64 bits per heavy atom. The number of halogens is 1. The average Bonchev–Trinajstić information content (AvgIpc) is 2.57. The van der Waals surface area contributed by atoms with Gasteiger partial charge in [0.2, 0.25) is 0 Å². The summed E-state index contributed by atoms with van der Waals surface area (Å²) in [7, 11) is 0. The molecular weight excluding hydrogens is 325 g/mol. The van der Waals surface area contributed by atoms with Crippen molar-refractivity contribution in [2.24, 2.45) is 0 Å². The first kappa shape index (κ1) is 17.2. The summed E-state index contributed by atoms with van der Waals surface area (Å²) in [5.41, 5.74) is -0.812. The Morgan fingerprint density at radius 1 is 1.12 bits per heavy atom. The molecule has 0 radical (unpaired) electrons. The summed E-state index contributed by atoms with van der Waals surface area (Å²) >= 11 is 0. The molecule has 0 bridgehead atoms. The fourth-order valence-electron chi connectivity index (χ4n) is 3.14. The van der Waals surface area contributed by atoms with Gasteiger partial charge in [-0.15, -0.1) is 0 Å². The molecule has 3 rings (SSSR count). The van der Waals surface area contributed by atoms with Crippen molar-refractivity contribution in [2.75, 3.05) is 0 Å². The molecule has 1 aromatic carbocycles. The van der Waals surface area contributed by atoms with E-state index < -0.39 is 22.8 Å². The highest BCUT2D eigenvalue weighted by Crippen LogP contribution is 2.27. The van der Waals surface area contributed by atoms with E-state index in [4.69, 9.17) is 4.42 Å². The fourth-order valence-corrected chi connectivity index (χ4v) is 3.14. The molecule has 0 amide bonds.